The molecule has 0 saturated carbocycles. The van der Waals surface area contributed by atoms with Gasteiger partial charge in [0.15, 0.2) is 0 Å². The summed E-state index contributed by atoms with van der Waals surface area (Å²) in [6.45, 7) is 1.57. The number of rotatable bonds is 5. The van der Waals surface area contributed by atoms with Gasteiger partial charge in [-0.2, -0.15) is 4.98 Å². The fraction of sp³-hybridized carbons (Fsp3) is 0.389. The summed E-state index contributed by atoms with van der Waals surface area (Å²) in [6, 6.07) is 3.99. The zero-order chi connectivity index (χ0) is 17.8. The van der Waals surface area contributed by atoms with E-state index in [-0.39, 0.29) is 5.91 Å². The van der Waals surface area contributed by atoms with Gasteiger partial charge in [0, 0.05) is 36.8 Å². The Labute approximate surface area is 155 Å². The average molecular weight is 369 g/mol. The van der Waals surface area contributed by atoms with E-state index in [9.17, 15) is 4.79 Å². The number of carbonyl (C=O) groups excluding carboxylic acids is 1. The maximum Gasteiger partial charge on any atom is 0.227 e. The van der Waals surface area contributed by atoms with E-state index < -0.39 is 0 Å². The van der Waals surface area contributed by atoms with Gasteiger partial charge in [0.25, 0.3) is 0 Å². The third-order valence-corrected chi connectivity index (χ3v) is 5.38. The highest BCUT2D eigenvalue weighted by Gasteiger charge is 2.25. The molecule has 4 heterocycles. The minimum absolute atomic E-state index is 0.197. The van der Waals surface area contributed by atoms with Crippen LogP contribution < -0.4 is 0 Å². The Kier molecular flexibility index (Phi) is 5.01. The van der Waals surface area contributed by atoms with Crippen molar-refractivity contribution in [1.82, 2.24) is 25.0 Å². The monoisotopic (exact) mass is 369 g/mol. The molecule has 0 N–H and O–H groups in total. The largest absolute Gasteiger partial charge is 0.342 e. The van der Waals surface area contributed by atoms with E-state index in [1.807, 2.05) is 22.4 Å². The van der Waals surface area contributed by atoms with Gasteiger partial charge in [-0.25, -0.2) is 4.98 Å². The lowest BCUT2D eigenvalue weighted by Gasteiger charge is -2.32. The van der Waals surface area contributed by atoms with Gasteiger partial charge < -0.3 is 9.42 Å². The van der Waals surface area contributed by atoms with Crippen LogP contribution in [0, 0.1) is 5.92 Å². The van der Waals surface area contributed by atoms with Crippen molar-refractivity contribution in [3.8, 4) is 11.5 Å². The van der Waals surface area contributed by atoms with Crippen LogP contribution in [0.1, 0.15) is 23.6 Å². The number of hydrogen-bond donors (Lipinski definition) is 0. The number of piperidine rings is 1. The third kappa shape index (κ3) is 3.96. The summed E-state index contributed by atoms with van der Waals surface area (Å²) < 4.78 is 5.37. The van der Waals surface area contributed by atoms with Gasteiger partial charge in [-0.3, -0.25) is 9.78 Å². The molecule has 0 spiro atoms. The second kappa shape index (κ2) is 7.74. The summed E-state index contributed by atoms with van der Waals surface area (Å²) in [5, 5.41) is 5.99. The zero-order valence-corrected chi connectivity index (χ0v) is 15.1. The molecule has 134 valence electrons. The van der Waals surface area contributed by atoms with E-state index in [1.54, 1.807) is 29.9 Å². The standard InChI is InChI=1S/C18H19N5O2S/c24-17(10-14-4-2-8-26-14)23-7-1-3-13(12-23)9-16-21-18(22-25-16)15-11-19-5-6-20-15/h2,4-6,8,11,13H,1,3,7,9-10,12H2. The van der Waals surface area contributed by atoms with Crippen molar-refractivity contribution in [2.45, 2.75) is 25.7 Å². The van der Waals surface area contributed by atoms with E-state index >= 15 is 0 Å². The van der Waals surface area contributed by atoms with Crippen LogP contribution >= 0.6 is 11.3 Å². The predicted octanol–water partition coefficient (Wildman–Crippen LogP) is 2.61. The van der Waals surface area contributed by atoms with Gasteiger partial charge in [0.1, 0.15) is 5.69 Å². The Bertz CT molecular complexity index is 850. The van der Waals surface area contributed by atoms with Crippen LogP contribution in [0.25, 0.3) is 11.5 Å². The molecule has 1 saturated heterocycles. The second-order valence-electron chi connectivity index (χ2n) is 6.41. The van der Waals surface area contributed by atoms with Crippen LogP contribution in [0.2, 0.25) is 0 Å². The number of nitrogens with zero attached hydrogens (tertiary/aromatic N) is 5. The Hall–Kier alpha value is -2.61. The highest BCUT2D eigenvalue weighted by atomic mass is 32.1. The lowest BCUT2D eigenvalue weighted by Crippen LogP contribution is -2.41. The summed E-state index contributed by atoms with van der Waals surface area (Å²) in [5.74, 6) is 1.58. The minimum atomic E-state index is 0.197. The highest BCUT2D eigenvalue weighted by molar-refractivity contribution is 7.10. The minimum Gasteiger partial charge on any atom is -0.342 e. The van der Waals surface area contributed by atoms with E-state index in [4.69, 9.17) is 4.52 Å². The molecular weight excluding hydrogens is 350 g/mol. The number of carbonyl (C=O) groups is 1. The Morgan fingerprint density at radius 3 is 3.15 bits per heavy atom. The van der Waals surface area contributed by atoms with Gasteiger partial charge in [-0.15, -0.1) is 11.3 Å². The zero-order valence-electron chi connectivity index (χ0n) is 14.2. The van der Waals surface area contributed by atoms with Gasteiger partial charge in [0.05, 0.1) is 12.6 Å². The summed E-state index contributed by atoms with van der Waals surface area (Å²) in [7, 11) is 0. The number of thiophene rings is 1. The molecule has 26 heavy (non-hydrogen) atoms. The Morgan fingerprint density at radius 1 is 1.38 bits per heavy atom. The lowest BCUT2D eigenvalue weighted by atomic mass is 9.94. The van der Waals surface area contributed by atoms with Gasteiger partial charge >= 0.3 is 0 Å². The number of likely N-dealkylation sites (tertiary alicyclic amines) is 1. The van der Waals surface area contributed by atoms with Gasteiger partial charge in [-0.05, 0) is 30.2 Å². The van der Waals surface area contributed by atoms with Crippen molar-refractivity contribution in [1.29, 1.82) is 0 Å². The summed E-state index contributed by atoms with van der Waals surface area (Å²) in [6.07, 6.45) is 8.05. The molecule has 1 fully saturated rings. The molecule has 0 aromatic carbocycles. The van der Waals surface area contributed by atoms with E-state index in [1.165, 1.54) is 0 Å². The molecule has 1 aliphatic rings. The molecule has 0 bridgehead atoms. The van der Waals surface area contributed by atoms with Crippen LogP contribution in [-0.4, -0.2) is 44.0 Å². The molecule has 3 aromatic rings. The van der Waals surface area contributed by atoms with Crippen molar-refractivity contribution < 1.29 is 9.32 Å². The normalized spacial score (nSPS) is 17.4. The fourth-order valence-electron chi connectivity index (χ4n) is 3.24. The summed E-state index contributed by atoms with van der Waals surface area (Å²) in [5.41, 5.74) is 0.596. The molecule has 0 aliphatic carbocycles. The average Bonchev–Trinajstić information content (AvgIpc) is 3.35. The number of hydrogen-bond acceptors (Lipinski definition) is 7. The first kappa shape index (κ1) is 16.8. The summed E-state index contributed by atoms with van der Waals surface area (Å²) >= 11 is 1.63. The predicted molar refractivity (Wildman–Crippen MR) is 96.4 cm³/mol. The first-order valence-electron chi connectivity index (χ1n) is 8.67. The third-order valence-electron chi connectivity index (χ3n) is 4.50. The van der Waals surface area contributed by atoms with Crippen LogP contribution in [-0.2, 0) is 17.6 Å². The SMILES string of the molecule is O=C(Cc1cccs1)N1CCCC(Cc2nc(-c3cnccn3)no2)C1. The highest BCUT2D eigenvalue weighted by Crippen LogP contribution is 2.22. The molecule has 0 radical (unpaired) electrons. The molecule has 7 nitrogen and oxygen atoms in total. The first-order valence-corrected chi connectivity index (χ1v) is 9.55. The molecule has 1 unspecified atom stereocenters. The number of aromatic nitrogens is 4. The molecule has 4 rings (SSSR count). The number of amides is 1. The van der Waals surface area contributed by atoms with Crippen LogP contribution in [0.15, 0.2) is 40.6 Å². The second-order valence-corrected chi connectivity index (χ2v) is 7.44. The maximum atomic E-state index is 12.5. The summed E-state index contributed by atoms with van der Waals surface area (Å²) in [4.78, 5) is 28.2. The van der Waals surface area contributed by atoms with Gasteiger partial charge in [-0.1, -0.05) is 11.2 Å². The van der Waals surface area contributed by atoms with Crippen molar-refractivity contribution >= 4 is 17.2 Å². The van der Waals surface area contributed by atoms with Crippen molar-refractivity contribution in [2.75, 3.05) is 13.1 Å². The van der Waals surface area contributed by atoms with E-state index in [0.717, 1.165) is 30.8 Å². The quantitative estimate of drug-likeness (QED) is 0.687. The van der Waals surface area contributed by atoms with E-state index in [0.29, 0.717) is 36.2 Å². The maximum absolute atomic E-state index is 12.5. The Balaban J connectivity index is 1.36. The first-order chi connectivity index (χ1) is 12.8. The fourth-order valence-corrected chi connectivity index (χ4v) is 3.93. The molecule has 3 aromatic heterocycles. The molecular formula is C18H19N5O2S. The molecule has 1 aliphatic heterocycles. The smallest absolute Gasteiger partial charge is 0.227 e. The Morgan fingerprint density at radius 2 is 2.35 bits per heavy atom. The molecule has 1 atom stereocenters. The lowest BCUT2D eigenvalue weighted by molar-refractivity contribution is -0.132. The molecule has 8 heteroatoms. The van der Waals surface area contributed by atoms with Crippen LogP contribution in [0.5, 0.6) is 0 Å². The van der Waals surface area contributed by atoms with Gasteiger partial charge in [0.2, 0.25) is 17.6 Å². The topological polar surface area (TPSA) is 85.0 Å². The van der Waals surface area contributed by atoms with Crippen LogP contribution in [0.3, 0.4) is 0 Å². The van der Waals surface area contributed by atoms with Crippen LogP contribution in [0.4, 0.5) is 0 Å². The van der Waals surface area contributed by atoms with E-state index in [2.05, 4.69) is 20.1 Å². The van der Waals surface area contributed by atoms with Crippen molar-refractivity contribution in [3.05, 3.63) is 46.9 Å². The van der Waals surface area contributed by atoms with Crippen molar-refractivity contribution in [3.63, 3.8) is 0 Å². The molecule has 1 amide bonds. The van der Waals surface area contributed by atoms with Crippen molar-refractivity contribution in [2.24, 2.45) is 5.92 Å².